The van der Waals surface area contributed by atoms with Gasteiger partial charge in [0.1, 0.15) is 5.69 Å². The van der Waals surface area contributed by atoms with Crippen molar-refractivity contribution >= 4 is 11.5 Å². The van der Waals surface area contributed by atoms with Crippen LogP contribution in [0.15, 0.2) is 18.3 Å². The summed E-state index contributed by atoms with van der Waals surface area (Å²) in [5.41, 5.74) is 1.57. The van der Waals surface area contributed by atoms with Gasteiger partial charge in [0.15, 0.2) is 5.78 Å². The number of anilines is 1. The summed E-state index contributed by atoms with van der Waals surface area (Å²) in [5.74, 6) is 0.000244. The van der Waals surface area contributed by atoms with Crippen molar-refractivity contribution in [3.05, 3.63) is 24.0 Å². The quantitative estimate of drug-likeness (QED) is 0.733. The number of carbonyl (C=O) groups is 1. The van der Waals surface area contributed by atoms with Crippen LogP contribution in [0.5, 0.6) is 0 Å². The third kappa shape index (κ3) is 2.82. The Kier molecular flexibility index (Phi) is 3.43. The Hall–Kier alpha value is -1.42. The highest BCUT2D eigenvalue weighted by Crippen LogP contribution is 2.19. The summed E-state index contributed by atoms with van der Waals surface area (Å²) in [6.07, 6.45) is 2.22. The zero-order chi connectivity index (χ0) is 12.4. The minimum Gasteiger partial charge on any atom is -0.372 e. The summed E-state index contributed by atoms with van der Waals surface area (Å²) in [6.45, 7) is 7.40. The normalized spacial score (nSPS) is 24.8. The summed E-state index contributed by atoms with van der Waals surface area (Å²) < 4.78 is 5.68. The average molecular weight is 234 g/mol. The van der Waals surface area contributed by atoms with Crippen LogP contribution in [0.4, 0.5) is 5.69 Å². The molecule has 1 aromatic heterocycles. The first-order chi connectivity index (χ1) is 8.06. The second-order valence-corrected chi connectivity index (χ2v) is 4.62. The van der Waals surface area contributed by atoms with Gasteiger partial charge in [0.25, 0.3) is 0 Å². The summed E-state index contributed by atoms with van der Waals surface area (Å²) >= 11 is 0. The second-order valence-electron chi connectivity index (χ2n) is 4.62. The van der Waals surface area contributed by atoms with Crippen LogP contribution < -0.4 is 4.90 Å². The smallest absolute Gasteiger partial charge is 0.178 e. The first kappa shape index (κ1) is 12.0. The lowest BCUT2D eigenvalue weighted by molar-refractivity contribution is -0.00523. The fourth-order valence-corrected chi connectivity index (χ4v) is 2.17. The van der Waals surface area contributed by atoms with Crippen molar-refractivity contribution in [3.8, 4) is 0 Å². The lowest BCUT2D eigenvalue weighted by Gasteiger charge is -2.36. The summed E-state index contributed by atoms with van der Waals surface area (Å²) in [7, 11) is 0. The molecule has 17 heavy (non-hydrogen) atoms. The number of Topliss-reactive ketones (excluding diaryl/α,β-unsaturated/α-hetero) is 1. The molecule has 1 aromatic rings. The molecule has 92 valence electrons. The van der Waals surface area contributed by atoms with Gasteiger partial charge in [-0.15, -0.1) is 0 Å². The van der Waals surface area contributed by atoms with Crippen molar-refractivity contribution < 1.29 is 9.53 Å². The van der Waals surface area contributed by atoms with Crippen LogP contribution in [0, 0.1) is 0 Å². The van der Waals surface area contributed by atoms with Crippen LogP contribution in [0.2, 0.25) is 0 Å². The molecule has 4 nitrogen and oxygen atoms in total. The molecule has 0 aromatic carbocycles. The number of ketones is 1. The first-order valence-corrected chi connectivity index (χ1v) is 5.93. The number of hydrogen-bond donors (Lipinski definition) is 0. The van der Waals surface area contributed by atoms with Crippen molar-refractivity contribution in [1.82, 2.24) is 4.98 Å². The standard InChI is InChI=1S/C13H18N2O2/c1-9-7-15(8-10(2)17-9)12-4-5-13(11(3)16)14-6-12/h4-6,9-10H,7-8H2,1-3H3. The Labute approximate surface area is 102 Å². The molecule has 0 radical (unpaired) electrons. The Morgan fingerprint density at radius 2 is 2.00 bits per heavy atom. The van der Waals surface area contributed by atoms with Crippen LogP contribution in [0.3, 0.4) is 0 Å². The number of hydrogen-bond acceptors (Lipinski definition) is 4. The SMILES string of the molecule is CC(=O)c1ccc(N2CC(C)OC(C)C2)cn1. The molecule has 0 aliphatic carbocycles. The molecule has 0 saturated carbocycles. The number of nitrogens with zero attached hydrogens (tertiary/aromatic N) is 2. The van der Waals surface area contributed by atoms with E-state index in [4.69, 9.17) is 4.74 Å². The molecule has 0 spiro atoms. The second kappa shape index (κ2) is 4.84. The number of rotatable bonds is 2. The molecular formula is C13H18N2O2. The zero-order valence-electron chi connectivity index (χ0n) is 10.5. The van der Waals surface area contributed by atoms with Gasteiger partial charge in [-0.2, -0.15) is 0 Å². The van der Waals surface area contributed by atoms with Gasteiger partial charge in [-0.3, -0.25) is 9.78 Å². The van der Waals surface area contributed by atoms with Crippen LogP contribution in [-0.2, 0) is 4.74 Å². The van der Waals surface area contributed by atoms with E-state index in [-0.39, 0.29) is 18.0 Å². The van der Waals surface area contributed by atoms with E-state index in [1.807, 2.05) is 6.07 Å². The predicted octanol–water partition coefficient (Wildman–Crippen LogP) is 1.90. The van der Waals surface area contributed by atoms with Gasteiger partial charge in [-0.05, 0) is 26.0 Å². The lowest BCUT2D eigenvalue weighted by atomic mass is 10.2. The third-order valence-electron chi connectivity index (χ3n) is 2.89. The molecule has 1 fully saturated rings. The summed E-state index contributed by atoms with van der Waals surface area (Å²) in [4.78, 5) is 17.6. The molecule has 1 aliphatic heterocycles. The van der Waals surface area contributed by atoms with E-state index >= 15 is 0 Å². The first-order valence-electron chi connectivity index (χ1n) is 5.93. The molecule has 0 N–H and O–H groups in total. The van der Waals surface area contributed by atoms with Gasteiger partial charge in [-0.25, -0.2) is 0 Å². The van der Waals surface area contributed by atoms with Crippen molar-refractivity contribution in [1.29, 1.82) is 0 Å². The molecule has 2 unspecified atom stereocenters. The van der Waals surface area contributed by atoms with Crippen LogP contribution in [0.25, 0.3) is 0 Å². The van der Waals surface area contributed by atoms with E-state index in [1.165, 1.54) is 6.92 Å². The molecule has 0 bridgehead atoms. The van der Waals surface area contributed by atoms with Crippen molar-refractivity contribution in [2.24, 2.45) is 0 Å². The maximum Gasteiger partial charge on any atom is 0.178 e. The highest BCUT2D eigenvalue weighted by atomic mass is 16.5. The van der Waals surface area contributed by atoms with Crippen LogP contribution in [0.1, 0.15) is 31.3 Å². The van der Waals surface area contributed by atoms with E-state index in [0.717, 1.165) is 18.8 Å². The van der Waals surface area contributed by atoms with Gasteiger partial charge in [-0.1, -0.05) is 0 Å². The van der Waals surface area contributed by atoms with E-state index < -0.39 is 0 Å². The zero-order valence-corrected chi connectivity index (χ0v) is 10.5. The fourth-order valence-electron chi connectivity index (χ4n) is 2.17. The number of morpholine rings is 1. The highest BCUT2D eigenvalue weighted by molar-refractivity contribution is 5.92. The van der Waals surface area contributed by atoms with Gasteiger partial charge < -0.3 is 9.64 Å². The third-order valence-corrected chi connectivity index (χ3v) is 2.89. The molecular weight excluding hydrogens is 216 g/mol. The number of pyridine rings is 1. The van der Waals surface area contributed by atoms with E-state index in [9.17, 15) is 4.79 Å². The van der Waals surface area contributed by atoms with E-state index in [1.54, 1.807) is 12.3 Å². The van der Waals surface area contributed by atoms with Gasteiger partial charge in [0.05, 0.1) is 24.1 Å². The molecule has 2 rings (SSSR count). The Morgan fingerprint density at radius 3 is 2.47 bits per heavy atom. The molecule has 0 amide bonds. The van der Waals surface area contributed by atoms with Crippen molar-refractivity contribution in [2.45, 2.75) is 33.0 Å². The van der Waals surface area contributed by atoms with Crippen LogP contribution in [-0.4, -0.2) is 36.1 Å². The van der Waals surface area contributed by atoms with Crippen molar-refractivity contribution in [2.75, 3.05) is 18.0 Å². The Morgan fingerprint density at radius 1 is 1.35 bits per heavy atom. The average Bonchev–Trinajstić information content (AvgIpc) is 2.28. The summed E-state index contributed by atoms with van der Waals surface area (Å²) in [5, 5.41) is 0. The maximum absolute atomic E-state index is 11.1. The minimum atomic E-state index is 0.000244. The Bertz CT molecular complexity index is 392. The van der Waals surface area contributed by atoms with E-state index in [2.05, 4.69) is 23.7 Å². The molecule has 1 saturated heterocycles. The van der Waals surface area contributed by atoms with Crippen LogP contribution >= 0.6 is 0 Å². The highest BCUT2D eigenvalue weighted by Gasteiger charge is 2.22. The monoisotopic (exact) mass is 234 g/mol. The topological polar surface area (TPSA) is 42.4 Å². The number of aromatic nitrogens is 1. The summed E-state index contributed by atoms with van der Waals surface area (Å²) in [6, 6.07) is 3.73. The fraction of sp³-hybridized carbons (Fsp3) is 0.538. The molecule has 2 atom stereocenters. The lowest BCUT2D eigenvalue weighted by Crippen LogP contribution is -2.45. The number of ether oxygens (including phenoxy) is 1. The number of carbonyl (C=O) groups excluding carboxylic acids is 1. The molecule has 2 heterocycles. The largest absolute Gasteiger partial charge is 0.372 e. The Balaban J connectivity index is 2.14. The molecule has 4 heteroatoms. The van der Waals surface area contributed by atoms with Gasteiger partial charge in [0.2, 0.25) is 0 Å². The molecule has 1 aliphatic rings. The predicted molar refractivity (Wildman–Crippen MR) is 66.5 cm³/mol. The van der Waals surface area contributed by atoms with Gasteiger partial charge >= 0.3 is 0 Å². The van der Waals surface area contributed by atoms with E-state index in [0.29, 0.717) is 5.69 Å². The van der Waals surface area contributed by atoms with Gasteiger partial charge in [0, 0.05) is 20.0 Å². The maximum atomic E-state index is 11.1. The minimum absolute atomic E-state index is 0.000244. The van der Waals surface area contributed by atoms with Crippen molar-refractivity contribution in [3.63, 3.8) is 0 Å².